The van der Waals surface area contributed by atoms with Crippen LogP contribution in [-0.4, -0.2) is 23.7 Å². The summed E-state index contributed by atoms with van der Waals surface area (Å²) in [5.74, 6) is 0.513. The zero-order valence-corrected chi connectivity index (χ0v) is 12.3. The van der Waals surface area contributed by atoms with E-state index in [9.17, 15) is 9.90 Å². The van der Waals surface area contributed by atoms with Crippen molar-refractivity contribution in [3.63, 3.8) is 0 Å². The molecule has 0 saturated heterocycles. The van der Waals surface area contributed by atoms with Gasteiger partial charge >= 0.3 is 5.97 Å². The summed E-state index contributed by atoms with van der Waals surface area (Å²) in [7, 11) is 1.62. The number of rotatable bonds is 4. The van der Waals surface area contributed by atoms with Gasteiger partial charge in [0.1, 0.15) is 11.3 Å². The van der Waals surface area contributed by atoms with Gasteiger partial charge in [-0.25, -0.2) is 4.79 Å². The number of carboxylic acids is 1. The minimum absolute atomic E-state index is 0.0934. The summed E-state index contributed by atoms with van der Waals surface area (Å²) >= 11 is 0. The largest absolute Gasteiger partial charge is 0.497 e. The Hall–Kier alpha value is -1.71. The molecule has 1 saturated carbocycles. The van der Waals surface area contributed by atoms with Crippen molar-refractivity contribution >= 4 is 11.7 Å². The van der Waals surface area contributed by atoms with Crippen LogP contribution in [0.1, 0.15) is 33.1 Å². The molecule has 0 bridgehead atoms. The number of carboxylic acid groups (broad SMARTS) is 1. The summed E-state index contributed by atoms with van der Waals surface area (Å²) in [6.45, 7) is 4.17. The van der Waals surface area contributed by atoms with Gasteiger partial charge in [-0.05, 0) is 42.5 Å². The third-order valence-corrected chi connectivity index (χ3v) is 4.70. The quantitative estimate of drug-likeness (QED) is 0.885. The van der Waals surface area contributed by atoms with Crippen LogP contribution in [0, 0.1) is 11.8 Å². The van der Waals surface area contributed by atoms with Crippen LogP contribution in [0.4, 0.5) is 5.69 Å². The molecule has 1 aliphatic carbocycles. The van der Waals surface area contributed by atoms with Crippen LogP contribution in [0.25, 0.3) is 0 Å². The van der Waals surface area contributed by atoms with Crippen molar-refractivity contribution in [2.24, 2.45) is 11.8 Å². The molecule has 0 aromatic heterocycles. The molecule has 20 heavy (non-hydrogen) atoms. The maximum Gasteiger partial charge on any atom is 0.329 e. The topological polar surface area (TPSA) is 58.6 Å². The van der Waals surface area contributed by atoms with Crippen LogP contribution in [0.2, 0.25) is 0 Å². The predicted octanol–water partition coefficient (Wildman–Crippen LogP) is 3.39. The van der Waals surface area contributed by atoms with Crippen molar-refractivity contribution in [2.75, 3.05) is 12.4 Å². The maximum atomic E-state index is 11.9. The van der Waals surface area contributed by atoms with Crippen molar-refractivity contribution in [1.29, 1.82) is 0 Å². The third kappa shape index (κ3) is 2.60. The minimum Gasteiger partial charge on any atom is -0.497 e. The molecule has 110 valence electrons. The van der Waals surface area contributed by atoms with Crippen LogP contribution >= 0.6 is 0 Å². The van der Waals surface area contributed by atoms with E-state index in [4.69, 9.17) is 4.74 Å². The van der Waals surface area contributed by atoms with Gasteiger partial charge in [-0.15, -0.1) is 0 Å². The second-order valence-corrected chi connectivity index (χ2v) is 5.79. The number of benzene rings is 1. The van der Waals surface area contributed by atoms with E-state index in [1.807, 2.05) is 31.2 Å². The Morgan fingerprint density at radius 2 is 2.00 bits per heavy atom. The predicted molar refractivity (Wildman–Crippen MR) is 79.2 cm³/mol. The molecule has 1 fully saturated rings. The highest BCUT2D eigenvalue weighted by atomic mass is 16.5. The van der Waals surface area contributed by atoms with Gasteiger partial charge in [0.15, 0.2) is 0 Å². The Morgan fingerprint density at radius 1 is 1.35 bits per heavy atom. The van der Waals surface area contributed by atoms with Gasteiger partial charge in [-0.1, -0.05) is 26.7 Å². The molecule has 4 nitrogen and oxygen atoms in total. The van der Waals surface area contributed by atoms with Crippen LogP contribution in [0.15, 0.2) is 24.3 Å². The first-order valence-electron chi connectivity index (χ1n) is 7.15. The van der Waals surface area contributed by atoms with Crippen molar-refractivity contribution < 1.29 is 14.6 Å². The lowest BCUT2D eigenvalue weighted by Gasteiger charge is -2.43. The Morgan fingerprint density at radius 3 is 2.55 bits per heavy atom. The first-order valence-corrected chi connectivity index (χ1v) is 7.15. The zero-order valence-electron chi connectivity index (χ0n) is 12.3. The van der Waals surface area contributed by atoms with Gasteiger partial charge < -0.3 is 15.2 Å². The highest BCUT2D eigenvalue weighted by molar-refractivity contribution is 5.83. The molecular formula is C16H23NO3. The highest BCUT2D eigenvalue weighted by Crippen LogP contribution is 2.40. The summed E-state index contributed by atoms with van der Waals surface area (Å²) in [5.41, 5.74) is -0.0409. The second-order valence-electron chi connectivity index (χ2n) is 5.79. The third-order valence-electron chi connectivity index (χ3n) is 4.70. The molecule has 3 atom stereocenters. The average molecular weight is 277 g/mol. The maximum absolute atomic E-state index is 11.9. The van der Waals surface area contributed by atoms with Gasteiger partial charge in [0.25, 0.3) is 0 Å². The molecule has 0 amide bonds. The SMILES string of the molecule is COc1ccc(NC2(C(=O)O)CCCC(C)C2C)cc1. The van der Waals surface area contributed by atoms with Crippen molar-refractivity contribution in [3.05, 3.63) is 24.3 Å². The number of nitrogens with one attached hydrogen (secondary N) is 1. The first-order chi connectivity index (χ1) is 9.49. The molecule has 1 aromatic carbocycles. The normalized spacial score (nSPS) is 29.8. The number of anilines is 1. The fourth-order valence-corrected chi connectivity index (χ4v) is 3.13. The fourth-order valence-electron chi connectivity index (χ4n) is 3.13. The smallest absolute Gasteiger partial charge is 0.329 e. The lowest BCUT2D eigenvalue weighted by Crippen LogP contribution is -2.55. The van der Waals surface area contributed by atoms with Crippen molar-refractivity contribution in [3.8, 4) is 5.75 Å². The number of aliphatic carboxylic acids is 1. The monoisotopic (exact) mass is 277 g/mol. The molecular weight excluding hydrogens is 254 g/mol. The highest BCUT2D eigenvalue weighted by Gasteiger charge is 2.47. The molecule has 4 heteroatoms. The Balaban J connectivity index is 2.26. The number of hydrogen-bond acceptors (Lipinski definition) is 3. The standard InChI is InChI=1S/C16H23NO3/c1-11-5-4-10-16(12(11)2,15(18)19)17-13-6-8-14(20-3)9-7-13/h6-9,11-12,17H,4-5,10H2,1-3H3,(H,18,19). The lowest BCUT2D eigenvalue weighted by molar-refractivity contribution is -0.146. The number of hydrogen-bond donors (Lipinski definition) is 2. The summed E-state index contributed by atoms with van der Waals surface area (Å²) in [6.07, 6.45) is 2.71. The Kier molecular flexibility index (Phi) is 4.21. The van der Waals surface area contributed by atoms with E-state index in [0.29, 0.717) is 12.3 Å². The first kappa shape index (κ1) is 14.7. The van der Waals surface area contributed by atoms with Gasteiger partial charge in [0, 0.05) is 5.69 Å². The average Bonchev–Trinajstić information content (AvgIpc) is 2.44. The van der Waals surface area contributed by atoms with Gasteiger partial charge in [0.2, 0.25) is 0 Å². The molecule has 0 spiro atoms. The number of carbonyl (C=O) groups is 1. The van der Waals surface area contributed by atoms with E-state index in [2.05, 4.69) is 12.2 Å². The van der Waals surface area contributed by atoms with E-state index in [1.165, 1.54) is 0 Å². The molecule has 0 radical (unpaired) electrons. The van der Waals surface area contributed by atoms with Gasteiger partial charge in [0.05, 0.1) is 7.11 Å². The molecule has 1 aliphatic rings. The second kappa shape index (κ2) is 5.73. The molecule has 0 aliphatic heterocycles. The molecule has 2 N–H and O–H groups in total. The van der Waals surface area contributed by atoms with Crippen LogP contribution in [0.3, 0.4) is 0 Å². The molecule has 2 rings (SSSR count). The zero-order chi connectivity index (χ0) is 14.8. The summed E-state index contributed by atoms with van der Waals surface area (Å²) in [5, 5.41) is 13.0. The number of methoxy groups -OCH3 is 1. The van der Waals surface area contributed by atoms with Gasteiger partial charge in [-0.3, -0.25) is 0 Å². The van der Waals surface area contributed by atoms with E-state index in [1.54, 1.807) is 7.11 Å². The van der Waals surface area contributed by atoms with Gasteiger partial charge in [-0.2, -0.15) is 0 Å². The van der Waals surface area contributed by atoms with E-state index in [0.717, 1.165) is 24.3 Å². The van der Waals surface area contributed by atoms with E-state index in [-0.39, 0.29) is 5.92 Å². The van der Waals surface area contributed by atoms with Crippen LogP contribution in [0.5, 0.6) is 5.75 Å². The van der Waals surface area contributed by atoms with Crippen LogP contribution < -0.4 is 10.1 Å². The minimum atomic E-state index is -0.869. The fraction of sp³-hybridized carbons (Fsp3) is 0.562. The molecule has 3 unspecified atom stereocenters. The van der Waals surface area contributed by atoms with E-state index < -0.39 is 11.5 Å². The Bertz CT molecular complexity index is 471. The summed E-state index contributed by atoms with van der Waals surface area (Å²) in [6, 6.07) is 7.43. The Labute approximate surface area is 120 Å². The van der Waals surface area contributed by atoms with Crippen molar-refractivity contribution in [2.45, 2.75) is 38.6 Å². The summed E-state index contributed by atoms with van der Waals surface area (Å²) in [4.78, 5) is 11.9. The number of ether oxygens (including phenoxy) is 1. The lowest BCUT2D eigenvalue weighted by atomic mass is 9.68. The summed E-state index contributed by atoms with van der Waals surface area (Å²) < 4.78 is 5.13. The van der Waals surface area contributed by atoms with Crippen molar-refractivity contribution in [1.82, 2.24) is 0 Å². The molecule has 1 aromatic rings. The van der Waals surface area contributed by atoms with Crippen LogP contribution in [-0.2, 0) is 4.79 Å². The molecule has 0 heterocycles. The van der Waals surface area contributed by atoms with E-state index >= 15 is 0 Å².